The zero-order valence-electron chi connectivity index (χ0n) is 13.2. The van der Waals surface area contributed by atoms with Gasteiger partial charge in [-0.25, -0.2) is 15.0 Å². The summed E-state index contributed by atoms with van der Waals surface area (Å²) < 4.78 is 5.52. The van der Waals surface area contributed by atoms with Crippen LogP contribution >= 0.6 is 11.3 Å². The lowest BCUT2D eigenvalue weighted by atomic mass is 10.1. The summed E-state index contributed by atoms with van der Waals surface area (Å²) in [5, 5.41) is 2.06. The summed E-state index contributed by atoms with van der Waals surface area (Å²) >= 11 is 1.68. The van der Waals surface area contributed by atoms with Gasteiger partial charge in [0.05, 0.1) is 16.3 Å². The van der Waals surface area contributed by atoms with Crippen LogP contribution in [0.3, 0.4) is 0 Å². The van der Waals surface area contributed by atoms with Crippen molar-refractivity contribution in [3.63, 3.8) is 0 Å². The molecular weight excluding hydrogens is 308 g/mol. The Morgan fingerprint density at radius 3 is 2.96 bits per heavy atom. The van der Waals surface area contributed by atoms with Crippen LogP contribution in [0.2, 0.25) is 0 Å². The van der Waals surface area contributed by atoms with E-state index in [1.54, 1.807) is 11.3 Å². The molecule has 0 radical (unpaired) electrons. The minimum absolute atomic E-state index is 0.735. The molecular formula is C17H18N4OS. The molecule has 1 aliphatic heterocycles. The Labute approximate surface area is 139 Å². The van der Waals surface area contributed by atoms with Crippen molar-refractivity contribution in [2.24, 2.45) is 0 Å². The van der Waals surface area contributed by atoms with Crippen molar-refractivity contribution in [3.8, 4) is 10.7 Å². The lowest BCUT2D eigenvalue weighted by Crippen LogP contribution is -2.31. The zero-order chi connectivity index (χ0) is 15.8. The van der Waals surface area contributed by atoms with Gasteiger partial charge in [-0.3, -0.25) is 4.90 Å². The van der Waals surface area contributed by atoms with Gasteiger partial charge in [-0.05, 0) is 18.4 Å². The lowest BCUT2D eigenvalue weighted by Gasteiger charge is -2.27. The first kappa shape index (κ1) is 14.5. The summed E-state index contributed by atoms with van der Waals surface area (Å²) in [4.78, 5) is 17.3. The molecule has 0 N–H and O–H groups in total. The van der Waals surface area contributed by atoms with Crippen LogP contribution in [0, 0.1) is 13.8 Å². The van der Waals surface area contributed by atoms with Gasteiger partial charge in [0.15, 0.2) is 11.7 Å². The van der Waals surface area contributed by atoms with Crippen LogP contribution in [0.5, 0.6) is 0 Å². The van der Waals surface area contributed by atoms with Crippen molar-refractivity contribution in [2.75, 3.05) is 6.54 Å². The maximum absolute atomic E-state index is 5.52. The Kier molecular flexibility index (Phi) is 3.71. The van der Waals surface area contributed by atoms with Crippen LogP contribution < -0.4 is 0 Å². The minimum Gasteiger partial charge on any atom is -0.446 e. The number of fused-ring (bicyclic) bond motifs is 1. The summed E-state index contributed by atoms with van der Waals surface area (Å²) in [7, 11) is 0. The summed E-state index contributed by atoms with van der Waals surface area (Å²) in [5.41, 5.74) is 3.42. The first-order valence-corrected chi connectivity index (χ1v) is 8.61. The Balaban J connectivity index is 1.52. The molecule has 0 bridgehead atoms. The molecule has 0 amide bonds. The van der Waals surface area contributed by atoms with Gasteiger partial charge >= 0.3 is 0 Å². The second kappa shape index (κ2) is 5.86. The molecule has 0 aromatic carbocycles. The van der Waals surface area contributed by atoms with E-state index in [0.717, 1.165) is 54.1 Å². The minimum atomic E-state index is 0.735. The molecule has 0 unspecified atom stereocenters. The molecule has 6 heteroatoms. The van der Waals surface area contributed by atoms with E-state index in [1.165, 1.54) is 11.3 Å². The fraction of sp³-hybridized carbons (Fsp3) is 0.353. The number of oxazole rings is 1. The van der Waals surface area contributed by atoms with Crippen molar-refractivity contribution in [1.29, 1.82) is 0 Å². The van der Waals surface area contributed by atoms with Crippen molar-refractivity contribution in [1.82, 2.24) is 19.9 Å². The van der Waals surface area contributed by atoms with Crippen molar-refractivity contribution in [3.05, 3.63) is 52.3 Å². The maximum Gasteiger partial charge on any atom is 0.191 e. The standard InChI is InChI=1S/C17H18N4OS/c1-11-15(19-12(2)22-11)10-21-6-5-14-13(9-21)8-18-17(20-14)16-4-3-7-23-16/h3-4,7-8H,5-6,9-10H2,1-2H3. The number of thiophene rings is 1. The summed E-state index contributed by atoms with van der Waals surface area (Å²) in [6.45, 7) is 6.53. The van der Waals surface area contributed by atoms with Crippen LogP contribution in [-0.2, 0) is 19.5 Å². The molecule has 3 aromatic rings. The predicted octanol–water partition coefficient (Wildman–Crippen LogP) is 3.37. The highest BCUT2D eigenvalue weighted by atomic mass is 32.1. The number of aromatic nitrogens is 3. The first-order valence-electron chi connectivity index (χ1n) is 7.73. The average Bonchev–Trinajstić information content (AvgIpc) is 3.17. The molecule has 3 aromatic heterocycles. The largest absolute Gasteiger partial charge is 0.446 e. The summed E-state index contributed by atoms with van der Waals surface area (Å²) in [5.74, 6) is 2.49. The second-order valence-electron chi connectivity index (χ2n) is 5.84. The number of hydrogen-bond donors (Lipinski definition) is 0. The number of rotatable bonds is 3. The molecule has 5 nitrogen and oxygen atoms in total. The molecule has 118 valence electrons. The molecule has 0 aliphatic carbocycles. The van der Waals surface area contributed by atoms with Crippen molar-refractivity contribution >= 4 is 11.3 Å². The normalized spacial score (nSPS) is 14.9. The SMILES string of the molecule is Cc1nc(CN2CCc3nc(-c4cccs4)ncc3C2)c(C)o1. The monoisotopic (exact) mass is 326 g/mol. The van der Waals surface area contributed by atoms with E-state index in [0.29, 0.717) is 0 Å². The molecule has 0 fully saturated rings. The third-order valence-corrected chi connectivity index (χ3v) is 4.99. The van der Waals surface area contributed by atoms with Gasteiger partial charge in [-0.2, -0.15) is 0 Å². The predicted molar refractivity (Wildman–Crippen MR) is 89.1 cm³/mol. The van der Waals surface area contributed by atoms with Gasteiger partial charge in [0, 0.05) is 44.7 Å². The van der Waals surface area contributed by atoms with E-state index in [4.69, 9.17) is 9.40 Å². The number of aryl methyl sites for hydroxylation is 2. The highest BCUT2D eigenvalue weighted by Crippen LogP contribution is 2.25. The second-order valence-corrected chi connectivity index (χ2v) is 6.79. The number of nitrogens with zero attached hydrogens (tertiary/aromatic N) is 4. The third-order valence-electron chi connectivity index (χ3n) is 4.13. The third kappa shape index (κ3) is 2.92. The highest BCUT2D eigenvalue weighted by molar-refractivity contribution is 7.13. The molecule has 0 saturated carbocycles. The van der Waals surface area contributed by atoms with E-state index in [9.17, 15) is 0 Å². The summed E-state index contributed by atoms with van der Waals surface area (Å²) in [6.07, 6.45) is 2.93. The van der Waals surface area contributed by atoms with Crippen LogP contribution in [0.25, 0.3) is 10.7 Å². The van der Waals surface area contributed by atoms with Crippen LogP contribution in [0.1, 0.15) is 28.6 Å². The topological polar surface area (TPSA) is 55.1 Å². The van der Waals surface area contributed by atoms with Gasteiger partial charge in [-0.1, -0.05) is 6.07 Å². The van der Waals surface area contributed by atoms with Gasteiger partial charge in [0.25, 0.3) is 0 Å². The van der Waals surface area contributed by atoms with Crippen LogP contribution in [0.15, 0.2) is 28.1 Å². The van der Waals surface area contributed by atoms with Gasteiger partial charge in [0.2, 0.25) is 0 Å². The quantitative estimate of drug-likeness (QED) is 0.738. The molecule has 1 aliphatic rings. The fourth-order valence-electron chi connectivity index (χ4n) is 2.96. The zero-order valence-corrected chi connectivity index (χ0v) is 14.1. The molecule has 23 heavy (non-hydrogen) atoms. The van der Waals surface area contributed by atoms with E-state index in [2.05, 4.69) is 26.3 Å². The van der Waals surface area contributed by atoms with Gasteiger partial charge < -0.3 is 4.42 Å². The van der Waals surface area contributed by atoms with Crippen LogP contribution in [-0.4, -0.2) is 26.4 Å². The average molecular weight is 326 g/mol. The fourth-order valence-corrected chi connectivity index (χ4v) is 3.63. The molecule has 4 heterocycles. The number of hydrogen-bond acceptors (Lipinski definition) is 6. The van der Waals surface area contributed by atoms with E-state index in [-0.39, 0.29) is 0 Å². The molecule has 4 rings (SSSR count). The Morgan fingerprint density at radius 2 is 2.22 bits per heavy atom. The smallest absolute Gasteiger partial charge is 0.191 e. The Bertz CT molecular complexity index is 825. The van der Waals surface area contributed by atoms with Crippen LogP contribution in [0.4, 0.5) is 0 Å². The lowest BCUT2D eigenvalue weighted by molar-refractivity contribution is 0.239. The maximum atomic E-state index is 5.52. The van der Waals surface area contributed by atoms with Gasteiger partial charge in [-0.15, -0.1) is 11.3 Å². The molecule has 0 saturated heterocycles. The van der Waals surface area contributed by atoms with Gasteiger partial charge in [0.1, 0.15) is 5.76 Å². The Morgan fingerprint density at radius 1 is 1.30 bits per heavy atom. The summed E-state index contributed by atoms with van der Waals surface area (Å²) in [6, 6.07) is 4.10. The highest BCUT2D eigenvalue weighted by Gasteiger charge is 2.21. The Hall–Kier alpha value is -2.05. The van der Waals surface area contributed by atoms with E-state index < -0.39 is 0 Å². The molecule has 0 atom stereocenters. The van der Waals surface area contributed by atoms with Crippen molar-refractivity contribution in [2.45, 2.75) is 33.4 Å². The van der Waals surface area contributed by atoms with E-state index >= 15 is 0 Å². The van der Waals surface area contributed by atoms with E-state index in [1.807, 2.05) is 26.1 Å². The first-order chi connectivity index (χ1) is 11.2. The molecule has 0 spiro atoms. The van der Waals surface area contributed by atoms with Crippen molar-refractivity contribution < 1.29 is 4.42 Å².